The van der Waals surface area contributed by atoms with Crippen molar-refractivity contribution in [1.82, 2.24) is 4.90 Å². The van der Waals surface area contributed by atoms with Crippen LogP contribution in [0.5, 0.6) is 0 Å². The molecule has 0 saturated heterocycles. The molecule has 0 aromatic heterocycles. The third-order valence-electron chi connectivity index (χ3n) is 3.12. The van der Waals surface area contributed by atoms with Gasteiger partial charge in [0.05, 0.1) is 6.07 Å². The van der Waals surface area contributed by atoms with Crippen LogP contribution in [-0.4, -0.2) is 30.1 Å². The van der Waals surface area contributed by atoms with Crippen LogP contribution in [0.4, 0.5) is 0 Å². The van der Waals surface area contributed by atoms with Crippen LogP contribution in [0.15, 0.2) is 0 Å². The predicted octanol–water partition coefficient (Wildman–Crippen LogP) is 1.49. The van der Waals surface area contributed by atoms with Crippen LogP contribution in [0, 0.1) is 11.3 Å². The zero-order valence-electron chi connectivity index (χ0n) is 9.08. The highest BCUT2D eigenvalue weighted by atomic mass is 15.1. The molecule has 0 aromatic carbocycles. The van der Waals surface area contributed by atoms with Gasteiger partial charge in [0.2, 0.25) is 0 Å². The molecule has 3 heteroatoms. The molecule has 80 valence electrons. The van der Waals surface area contributed by atoms with Crippen LogP contribution in [0.2, 0.25) is 0 Å². The van der Waals surface area contributed by atoms with Crippen LogP contribution in [0.25, 0.3) is 0 Å². The lowest BCUT2D eigenvalue weighted by Crippen LogP contribution is -2.42. The minimum absolute atomic E-state index is 0.380. The second kappa shape index (κ2) is 6.00. The van der Waals surface area contributed by atoms with Crippen molar-refractivity contribution in [2.45, 2.75) is 51.1 Å². The van der Waals surface area contributed by atoms with E-state index >= 15 is 0 Å². The Labute approximate surface area is 86.9 Å². The number of hydrogen-bond donors (Lipinski definition) is 1. The predicted molar refractivity (Wildman–Crippen MR) is 57.7 cm³/mol. The monoisotopic (exact) mass is 195 g/mol. The summed E-state index contributed by atoms with van der Waals surface area (Å²) in [6.07, 6.45) is 5.42. The Kier molecular flexibility index (Phi) is 4.92. The number of rotatable bonds is 4. The molecule has 0 amide bonds. The largest absolute Gasteiger partial charge is 0.328 e. The van der Waals surface area contributed by atoms with E-state index < -0.39 is 0 Å². The molecule has 1 aliphatic rings. The third kappa shape index (κ3) is 3.28. The summed E-state index contributed by atoms with van der Waals surface area (Å²) in [6.45, 7) is 4.11. The minimum Gasteiger partial charge on any atom is -0.328 e. The second-order valence-corrected chi connectivity index (χ2v) is 4.12. The van der Waals surface area contributed by atoms with Crippen molar-refractivity contribution in [3.8, 4) is 6.07 Å². The van der Waals surface area contributed by atoms with E-state index in [9.17, 15) is 0 Å². The summed E-state index contributed by atoms with van der Waals surface area (Å²) in [6, 6.07) is 3.21. The number of nitriles is 1. The molecule has 1 saturated carbocycles. The Morgan fingerprint density at radius 3 is 2.86 bits per heavy atom. The molecule has 0 aliphatic heterocycles. The van der Waals surface area contributed by atoms with Gasteiger partial charge >= 0.3 is 0 Å². The Bertz CT molecular complexity index is 197. The minimum atomic E-state index is 0.380. The van der Waals surface area contributed by atoms with Crippen molar-refractivity contribution in [3.63, 3.8) is 0 Å². The fraction of sp³-hybridized carbons (Fsp3) is 0.909. The SMILES string of the molecule is CCN(CCC#N)C1CCCC(N)C1. The molecule has 1 fully saturated rings. The first kappa shape index (κ1) is 11.5. The first-order chi connectivity index (χ1) is 6.77. The molecule has 0 aromatic rings. The number of hydrogen-bond acceptors (Lipinski definition) is 3. The fourth-order valence-corrected chi connectivity index (χ4v) is 2.32. The number of nitrogens with two attached hydrogens (primary N) is 1. The highest BCUT2D eigenvalue weighted by Gasteiger charge is 2.23. The zero-order valence-corrected chi connectivity index (χ0v) is 9.08. The van der Waals surface area contributed by atoms with Gasteiger partial charge in [-0.05, 0) is 25.8 Å². The van der Waals surface area contributed by atoms with Gasteiger partial charge in [-0.15, -0.1) is 0 Å². The summed E-state index contributed by atoms with van der Waals surface area (Å²) in [5.74, 6) is 0. The first-order valence-corrected chi connectivity index (χ1v) is 5.64. The van der Waals surface area contributed by atoms with E-state index in [4.69, 9.17) is 11.0 Å². The Morgan fingerprint density at radius 2 is 2.29 bits per heavy atom. The Morgan fingerprint density at radius 1 is 1.50 bits per heavy atom. The quantitative estimate of drug-likeness (QED) is 0.739. The molecule has 2 N–H and O–H groups in total. The summed E-state index contributed by atoms with van der Waals surface area (Å²) < 4.78 is 0. The molecule has 2 atom stereocenters. The second-order valence-electron chi connectivity index (χ2n) is 4.12. The standard InChI is InChI=1S/C11H21N3/c1-2-14(8-4-7-12)11-6-3-5-10(13)9-11/h10-11H,2-6,8-9,13H2,1H3. The summed E-state index contributed by atoms with van der Waals surface area (Å²) in [4.78, 5) is 2.41. The fourth-order valence-electron chi connectivity index (χ4n) is 2.32. The molecule has 1 aliphatic carbocycles. The van der Waals surface area contributed by atoms with Crippen molar-refractivity contribution in [2.24, 2.45) is 5.73 Å². The highest BCUT2D eigenvalue weighted by Crippen LogP contribution is 2.21. The molecular formula is C11H21N3. The zero-order chi connectivity index (χ0) is 10.4. The van der Waals surface area contributed by atoms with Gasteiger partial charge in [-0.25, -0.2) is 0 Å². The van der Waals surface area contributed by atoms with Crippen molar-refractivity contribution < 1.29 is 0 Å². The van der Waals surface area contributed by atoms with E-state index in [1.165, 1.54) is 19.3 Å². The molecule has 3 nitrogen and oxygen atoms in total. The van der Waals surface area contributed by atoms with E-state index in [0.29, 0.717) is 18.5 Å². The summed E-state index contributed by atoms with van der Waals surface area (Å²) in [5, 5.41) is 8.56. The molecule has 14 heavy (non-hydrogen) atoms. The molecular weight excluding hydrogens is 174 g/mol. The molecule has 0 heterocycles. The van der Waals surface area contributed by atoms with E-state index in [1.807, 2.05) is 0 Å². The molecule has 0 bridgehead atoms. The summed E-state index contributed by atoms with van der Waals surface area (Å²) >= 11 is 0. The maximum atomic E-state index is 8.56. The molecule has 0 radical (unpaired) electrons. The smallest absolute Gasteiger partial charge is 0.0635 e. The topological polar surface area (TPSA) is 53.0 Å². The lowest BCUT2D eigenvalue weighted by molar-refractivity contribution is 0.157. The van der Waals surface area contributed by atoms with Gasteiger partial charge in [0.25, 0.3) is 0 Å². The average Bonchev–Trinajstić information content (AvgIpc) is 2.19. The van der Waals surface area contributed by atoms with Gasteiger partial charge in [-0.3, -0.25) is 4.90 Å². The average molecular weight is 195 g/mol. The van der Waals surface area contributed by atoms with E-state index in [0.717, 1.165) is 19.5 Å². The van der Waals surface area contributed by atoms with E-state index in [-0.39, 0.29) is 0 Å². The van der Waals surface area contributed by atoms with Gasteiger partial charge in [-0.1, -0.05) is 13.3 Å². The van der Waals surface area contributed by atoms with Gasteiger partial charge in [0.15, 0.2) is 0 Å². The lowest BCUT2D eigenvalue weighted by Gasteiger charge is -2.35. The molecule has 2 unspecified atom stereocenters. The summed E-state index contributed by atoms with van der Waals surface area (Å²) in [5.41, 5.74) is 5.95. The van der Waals surface area contributed by atoms with Crippen molar-refractivity contribution in [2.75, 3.05) is 13.1 Å². The molecule has 0 spiro atoms. The first-order valence-electron chi connectivity index (χ1n) is 5.64. The Hall–Kier alpha value is -0.590. The van der Waals surface area contributed by atoms with E-state index in [1.54, 1.807) is 0 Å². The van der Waals surface area contributed by atoms with E-state index in [2.05, 4.69) is 17.9 Å². The van der Waals surface area contributed by atoms with Gasteiger partial charge < -0.3 is 5.73 Å². The van der Waals surface area contributed by atoms with Crippen LogP contribution in [-0.2, 0) is 0 Å². The Balaban J connectivity index is 2.38. The highest BCUT2D eigenvalue weighted by molar-refractivity contribution is 4.83. The maximum absolute atomic E-state index is 8.56. The van der Waals surface area contributed by atoms with Gasteiger partial charge in [-0.2, -0.15) is 5.26 Å². The van der Waals surface area contributed by atoms with Gasteiger partial charge in [0, 0.05) is 25.0 Å². The lowest BCUT2D eigenvalue weighted by atomic mass is 9.90. The van der Waals surface area contributed by atoms with Crippen molar-refractivity contribution >= 4 is 0 Å². The maximum Gasteiger partial charge on any atom is 0.0635 e. The third-order valence-corrected chi connectivity index (χ3v) is 3.12. The van der Waals surface area contributed by atoms with Crippen LogP contribution < -0.4 is 5.73 Å². The van der Waals surface area contributed by atoms with Crippen molar-refractivity contribution in [1.29, 1.82) is 5.26 Å². The molecule has 1 rings (SSSR count). The van der Waals surface area contributed by atoms with Gasteiger partial charge in [0.1, 0.15) is 0 Å². The number of nitrogens with zero attached hydrogens (tertiary/aromatic N) is 2. The van der Waals surface area contributed by atoms with Crippen LogP contribution >= 0.6 is 0 Å². The van der Waals surface area contributed by atoms with Crippen molar-refractivity contribution in [3.05, 3.63) is 0 Å². The van der Waals surface area contributed by atoms with Crippen LogP contribution in [0.1, 0.15) is 39.0 Å². The normalized spacial score (nSPS) is 27.6. The summed E-state index contributed by atoms with van der Waals surface area (Å²) in [7, 11) is 0. The van der Waals surface area contributed by atoms with Crippen LogP contribution in [0.3, 0.4) is 0 Å².